The largest absolute Gasteiger partial charge is 0.381 e. The molecule has 0 radical (unpaired) electrons. The minimum Gasteiger partial charge on any atom is -0.381 e. The summed E-state index contributed by atoms with van der Waals surface area (Å²) >= 11 is 0. The van der Waals surface area contributed by atoms with Crippen molar-refractivity contribution in [2.75, 3.05) is 25.6 Å². The molecule has 1 fully saturated rings. The van der Waals surface area contributed by atoms with Crippen LogP contribution in [-0.2, 0) is 4.74 Å². The topological polar surface area (TPSA) is 79.5 Å². The first kappa shape index (κ1) is 14.3. The van der Waals surface area contributed by atoms with Crippen molar-refractivity contribution in [1.29, 1.82) is 0 Å². The molecule has 6 nitrogen and oxygen atoms in total. The zero-order valence-electron chi connectivity index (χ0n) is 11.4. The van der Waals surface area contributed by atoms with Gasteiger partial charge < -0.3 is 20.7 Å². The Bertz CT molecular complexity index is 484. The molecule has 0 atom stereocenters. The van der Waals surface area contributed by atoms with Crippen molar-refractivity contribution in [1.82, 2.24) is 10.6 Å². The lowest BCUT2D eigenvalue weighted by Gasteiger charge is -2.23. The predicted molar refractivity (Wildman–Crippen MR) is 75.8 cm³/mol. The maximum atomic E-state index is 11.9. The van der Waals surface area contributed by atoms with E-state index in [2.05, 4.69) is 16.0 Å². The summed E-state index contributed by atoms with van der Waals surface area (Å²) in [6.45, 7) is 1.33. The number of hydrogen-bond acceptors (Lipinski definition) is 3. The predicted octanol–water partition coefficient (Wildman–Crippen LogP) is 1.35. The van der Waals surface area contributed by atoms with E-state index in [0.29, 0.717) is 24.5 Å². The maximum absolute atomic E-state index is 11.9. The Morgan fingerprint density at radius 1 is 1.20 bits per heavy atom. The average molecular weight is 277 g/mol. The van der Waals surface area contributed by atoms with Gasteiger partial charge in [-0.2, -0.15) is 0 Å². The number of nitrogens with one attached hydrogen (secondary N) is 3. The second-order valence-electron chi connectivity index (χ2n) is 4.61. The number of para-hydroxylation sites is 1. The Labute approximate surface area is 117 Å². The highest BCUT2D eigenvalue weighted by molar-refractivity contribution is 6.03. The number of anilines is 1. The van der Waals surface area contributed by atoms with Crippen molar-refractivity contribution in [2.24, 2.45) is 0 Å². The minimum atomic E-state index is -0.298. The van der Waals surface area contributed by atoms with Gasteiger partial charge in [0.2, 0.25) is 0 Å². The van der Waals surface area contributed by atoms with Crippen molar-refractivity contribution in [2.45, 2.75) is 18.9 Å². The third kappa shape index (κ3) is 3.71. The molecular formula is C14H19N3O3. The first-order valence-corrected chi connectivity index (χ1v) is 6.67. The monoisotopic (exact) mass is 277 g/mol. The molecule has 108 valence electrons. The van der Waals surface area contributed by atoms with Crippen LogP contribution in [0.15, 0.2) is 24.3 Å². The fourth-order valence-electron chi connectivity index (χ4n) is 2.11. The van der Waals surface area contributed by atoms with Crippen LogP contribution in [-0.4, -0.2) is 38.2 Å². The Balaban J connectivity index is 1.98. The molecule has 2 rings (SSSR count). The Hall–Kier alpha value is -2.08. The molecule has 0 bridgehead atoms. The summed E-state index contributed by atoms with van der Waals surface area (Å²) in [5, 5.41) is 8.16. The smallest absolute Gasteiger partial charge is 0.319 e. The van der Waals surface area contributed by atoms with E-state index in [9.17, 15) is 9.59 Å². The first-order chi connectivity index (χ1) is 9.70. The van der Waals surface area contributed by atoms with Crippen LogP contribution in [0.4, 0.5) is 10.5 Å². The van der Waals surface area contributed by atoms with E-state index < -0.39 is 0 Å². The maximum Gasteiger partial charge on any atom is 0.319 e. The molecule has 1 aromatic carbocycles. The zero-order valence-corrected chi connectivity index (χ0v) is 11.4. The van der Waals surface area contributed by atoms with Crippen molar-refractivity contribution >= 4 is 17.6 Å². The Morgan fingerprint density at radius 3 is 2.60 bits per heavy atom. The van der Waals surface area contributed by atoms with Crippen LogP contribution < -0.4 is 16.0 Å². The highest BCUT2D eigenvalue weighted by atomic mass is 16.5. The average Bonchev–Trinajstić information content (AvgIpc) is 2.48. The lowest BCUT2D eigenvalue weighted by molar-refractivity contribution is 0.0806. The third-order valence-electron chi connectivity index (χ3n) is 3.20. The number of benzene rings is 1. The van der Waals surface area contributed by atoms with Gasteiger partial charge in [-0.25, -0.2) is 4.79 Å². The molecule has 0 saturated carbocycles. The van der Waals surface area contributed by atoms with Gasteiger partial charge in [-0.1, -0.05) is 12.1 Å². The van der Waals surface area contributed by atoms with Crippen molar-refractivity contribution in [3.63, 3.8) is 0 Å². The molecule has 1 heterocycles. The van der Waals surface area contributed by atoms with Gasteiger partial charge in [0.15, 0.2) is 0 Å². The second kappa shape index (κ2) is 6.91. The van der Waals surface area contributed by atoms with Crippen LogP contribution in [0.25, 0.3) is 0 Å². The van der Waals surface area contributed by atoms with Gasteiger partial charge in [-0.3, -0.25) is 4.79 Å². The molecule has 0 spiro atoms. The van der Waals surface area contributed by atoms with Crippen LogP contribution in [0.2, 0.25) is 0 Å². The number of carbonyl (C=O) groups excluding carboxylic acids is 2. The fourth-order valence-corrected chi connectivity index (χ4v) is 2.11. The molecule has 20 heavy (non-hydrogen) atoms. The third-order valence-corrected chi connectivity index (χ3v) is 3.20. The summed E-state index contributed by atoms with van der Waals surface area (Å²) in [5.41, 5.74) is 0.938. The zero-order chi connectivity index (χ0) is 14.4. The highest BCUT2D eigenvalue weighted by Crippen LogP contribution is 2.15. The molecule has 3 N–H and O–H groups in total. The van der Waals surface area contributed by atoms with Crippen molar-refractivity contribution in [3.05, 3.63) is 29.8 Å². The van der Waals surface area contributed by atoms with Gasteiger partial charge in [0.05, 0.1) is 11.3 Å². The van der Waals surface area contributed by atoms with Crippen LogP contribution in [0, 0.1) is 0 Å². The lowest BCUT2D eigenvalue weighted by Crippen LogP contribution is -2.41. The van der Waals surface area contributed by atoms with Gasteiger partial charge in [-0.15, -0.1) is 0 Å². The summed E-state index contributed by atoms with van der Waals surface area (Å²) in [4.78, 5) is 23.7. The summed E-state index contributed by atoms with van der Waals surface area (Å²) in [7, 11) is 1.56. The molecule has 1 aliphatic rings. The lowest BCUT2D eigenvalue weighted by atomic mass is 10.1. The van der Waals surface area contributed by atoms with E-state index in [1.165, 1.54) is 0 Å². The molecule has 0 aromatic heterocycles. The number of amides is 3. The standard InChI is InChI=1S/C14H19N3O3/c1-15-13(18)11-4-2-3-5-12(11)17-14(19)16-10-6-8-20-9-7-10/h2-5,10H,6-9H2,1H3,(H,15,18)(H2,16,17,19). The van der Waals surface area contributed by atoms with Crippen LogP contribution >= 0.6 is 0 Å². The summed E-state index contributed by atoms with van der Waals surface area (Å²) in [5.74, 6) is -0.230. The molecule has 6 heteroatoms. The normalized spacial score (nSPS) is 15.4. The second-order valence-corrected chi connectivity index (χ2v) is 4.61. The van der Waals surface area contributed by atoms with Crippen LogP contribution in [0.3, 0.4) is 0 Å². The van der Waals surface area contributed by atoms with Gasteiger partial charge >= 0.3 is 6.03 Å². The number of ether oxygens (including phenoxy) is 1. The fraction of sp³-hybridized carbons (Fsp3) is 0.429. The SMILES string of the molecule is CNC(=O)c1ccccc1NC(=O)NC1CCOCC1. The van der Waals surface area contributed by atoms with E-state index in [0.717, 1.165) is 12.8 Å². The molecule has 1 aromatic rings. The quantitative estimate of drug-likeness (QED) is 0.780. The Kier molecular flexibility index (Phi) is 4.95. The van der Waals surface area contributed by atoms with Crippen molar-refractivity contribution < 1.29 is 14.3 Å². The van der Waals surface area contributed by atoms with E-state index in [4.69, 9.17) is 4.74 Å². The summed E-state index contributed by atoms with van der Waals surface area (Å²) in [6, 6.07) is 6.73. The van der Waals surface area contributed by atoms with Crippen LogP contribution in [0.1, 0.15) is 23.2 Å². The van der Waals surface area contributed by atoms with E-state index in [1.54, 1.807) is 31.3 Å². The molecular weight excluding hydrogens is 258 g/mol. The summed E-state index contributed by atoms with van der Waals surface area (Å²) < 4.78 is 5.24. The van der Waals surface area contributed by atoms with Gasteiger partial charge in [0.1, 0.15) is 0 Å². The van der Waals surface area contributed by atoms with Gasteiger partial charge in [0, 0.05) is 26.3 Å². The highest BCUT2D eigenvalue weighted by Gasteiger charge is 2.17. The number of urea groups is 1. The number of rotatable bonds is 3. The minimum absolute atomic E-state index is 0.121. The van der Waals surface area contributed by atoms with Gasteiger partial charge in [-0.05, 0) is 25.0 Å². The van der Waals surface area contributed by atoms with E-state index >= 15 is 0 Å². The van der Waals surface area contributed by atoms with E-state index in [1.807, 2.05) is 0 Å². The van der Waals surface area contributed by atoms with Crippen LogP contribution in [0.5, 0.6) is 0 Å². The van der Waals surface area contributed by atoms with Gasteiger partial charge in [0.25, 0.3) is 5.91 Å². The molecule has 0 unspecified atom stereocenters. The first-order valence-electron chi connectivity index (χ1n) is 6.67. The molecule has 1 saturated heterocycles. The number of hydrogen-bond donors (Lipinski definition) is 3. The number of carbonyl (C=O) groups is 2. The van der Waals surface area contributed by atoms with Crippen molar-refractivity contribution in [3.8, 4) is 0 Å². The molecule has 0 aliphatic carbocycles. The Morgan fingerprint density at radius 2 is 1.90 bits per heavy atom. The van der Waals surface area contributed by atoms with E-state index in [-0.39, 0.29) is 18.0 Å². The molecule has 3 amide bonds. The summed E-state index contributed by atoms with van der Waals surface area (Å²) in [6.07, 6.45) is 1.62. The molecule has 1 aliphatic heterocycles.